The smallest absolute Gasteiger partial charge is 0.393 e. The van der Waals surface area contributed by atoms with Gasteiger partial charge < -0.3 is 26.2 Å². The number of carbonyl (C=O) groups is 1. The van der Waals surface area contributed by atoms with Crippen LogP contribution in [0.5, 0.6) is 0 Å². The summed E-state index contributed by atoms with van der Waals surface area (Å²) in [6.45, 7) is 4.07. The molecule has 346 valence electrons. The summed E-state index contributed by atoms with van der Waals surface area (Å²) < 4.78 is 22.2. The van der Waals surface area contributed by atoms with Gasteiger partial charge in [-0.2, -0.15) is 0 Å². The van der Waals surface area contributed by atoms with Crippen molar-refractivity contribution in [1.82, 2.24) is 5.32 Å². The first-order chi connectivity index (χ1) is 28.3. The topological polar surface area (TPSA) is 151 Å². The van der Waals surface area contributed by atoms with Gasteiger partial charge in [0.05, 0.1) is 37.9 Å². The highest BCUT2D eigenvalue weighted by atomic mass is 31.2. The average molecular weight is 845 g/mol. The zero-order chi connectivity index (χ0) is 42.6. The van der Waals surface area contributed by atoms with Crippen LogP contribution in [0.2, 0.25) is 0 Å². The minimum Gasteiger partial charge on any atom is -0.393 e. The second kappa shape index (κ2) is 44.3. The van der Waals surface area contributed by atoms with E-state index in [1.54, 1.807) is 0 Å². The third kappa shape index (κ3) is 41.9. The quantitative estimate of drug-likeness (QED) is 0.0231. The number of phosphoric acid groups is 1. The van der Waals surface area contributed by atoms with Gasteiger partial charge in [-0.15, -0.1) is 0 Å². The zero-order valence-corrected chi connectivity index (χ0v) is 39.1. The summed E-state index contributed by atoms with van der Waals surface area (Å²) in [5.41, 5.74) is 5.38. The molecule has 0 rings (SSSR count). The average Bonchev–Trinajstić information content (AvgIpc) is 3.20. The number of phosphoric ester groups is 1. The summed E-state index contributed by atoms with van der Waals surface area (Å²) in [4.78, 5) is 22.9. The lowest BCUT2D eigenvalue weighted by Crippen LogP contribution is -2.47. The molecule has 0 spiro atoms. The van der Waals surface area contributed by atoms with Crippen LogP contribution >= 0.6 is 7.82 Å². The van der Waals surface area contributed by atoms with Gasteiger partial charge in [-0.3, -0.25) is 13.8 Å². The molecule has 0 saturated carbocycles. The van der Waals surface area contributed by atoms with Crippen LogP contribution in [-0.2, 0) is 18.4 Å². The number of aliphatic hydroxyl groups excluding tert-OH is 2. The second-order valence-electron chi connectivity index (χ2n) is 17.2. The first kappa shape index (κ1) is 57.2. The molecular weight excluding hydrogens is 748 g/mol. The molecule has 0 aromatic carbocycles. The van der Waals surface area contributed by atoms with Crippen LogP contribution in [0.3, 0.4) is 0 Å². The van der Waals surface area contributed by atoms with Crippen molar-refractivity contribution in [3.8, 4) is 0 Å². The molecule has 1 amide bonds. The van der Waals surface area contributed by atoms with E-state index in [1.165, 1.54) is 167 Å². The molecule has 0 saturated heterocycles. The number of carbonyl (C=O) groups excluding carboxylic acids is 1. The number of unbranched alkanes of at least 4 members (excludes halogenated alkanes) is 31. The van der Waals surface area contributed by atoms with Gasteiger partial charge in [-0.1, -0.05) is 219 Å². The van der Waals surface area contributed by atoms with E-state index in [9.17, 15) is 24.5 Å². The van der Waals surface area contributed by atoms with Crippen molar-refractivity contribution >= 4 is 13.7 Å². The Morgan fingerprint density at radius 1 is 0.569 bits per heavy atom. The van der Waals surface area contributed by atoms with Gasteiger partial charge in [0, 0.05) is 6.54 Å². The molecule has 0 aromatic rings. The van der Waals surface area contributed by atoms with Crippen molar-refractivity contribution in [2.75, 3.05) is 19.8 Å². The zero-order valence-electron chi connectivity index (χ0n) is 38.2. The first-order valence-electron chi connectivity index (χ1n) is 24.9. The number of rotatable bonds is 47. The van der Waals surface area contributed by atoms with Crippen molar-refractivity contribution in [3.05, 3.63) is 12.2 Å². The summed E-state index contributed by atoms with van der Waals surface area (Å²) in [6.07, 6.45) is 46.9. The Kier molecular flexibility index (Phi) is 43.7. The van der Waals surface area contributed by atoms with Crippen LogP contribution in [-0.4, -0.2) is 59.0 Å². The molecule has 10 heteroatoms. The van der Waals surface area contributed by atoms with E-state index in [-0.39, 0.29) is 26.2 Å². The van der Waals surface area contributed by atoms with Crippen LogP contribution in [0.15, 0.2) is 12.2 Å². The third-order valence-electron chi connectivity index (χ3n) is 11.4. The Bertz CT molecular complexity index is 940. The monoisotopic (exact) mass is 845 g/mol. The molecular formula is C48H97N2O7P. The number of amides is 1. The summed E-state index contributed by atoms with van der Waals surface area (Å²) in [7, 11) is -4.38. The standard InChI is InChI=1S/C48H97N2O7P/c1-3-5-7-9-11-13-15-17-19-21-22-23-24-26-28-30-32-34-36-38-40-47(52)46(44-57-58(54,55)56-42-41-49)50-48(53)43-45(51)39-37-35-33-31-29-27-25-20-18-16-14-12-10-8-6-4-2/h27,29,45-47,51-52H,3-26,28,30-44,49H2,1-2H3,(H,50,53)(H,54,55)/b29-27-. The van der Waals surface area contributed by atoms with Crippen LogP contribution in [0.25, 0.3) is 0 Å². The first-order valence-corrected chi connectivity index (χ1v) is 26.4. The number of nitrogens with two attached hydrogens (primary N) is 1. The lowest BCUT2D eigenvalue weighted by atomic mass is 10.0. The second-order valence-corrected chi connectivity index (χ2v) is 18.7. The van der Waals surface area contributed by atoms with Crippen LogP contribution in [0.4, 0.5) is 0 Å². The molecule has 58 heavy (non-hydrogen) atoms. The maximum atomic E-state index is 12.9. The number of hydrogen-bond acceptors (Lipinski definition) is 7. The molecule has 4 unspecified atom stereocenters. The molecule has 0 bridgehead atoms. The van der Waals surface area contributed by atoms with Gasteiger partial charge in [-0.05, 0) is 38.5 Å². The molecule has 0 aliphatic heterocycles. The van der Waals surface area contributed by atoms with Gasteiger partial charge in [-0.25, -0.2) is 4.57 Å². The molecule has 0 heterocycles. The van der Waals surface area contributed by atoms with E-state index >= 15 is 0 Å². The van der Waals surface area contributed by atoms with E-state index < -0.39 is 32.0 Å². The Labute approximate surface area is 358 Å². The summed E-state index contributed by atoms with van der Waals surface area (Å²) >= 11 is 0. The lowest BCUT2D eigenvalue weighted by molar-refractivity contribution is -0.125. The molecule has 0 fully saturated rings. The summed E-state index contributed by atoms with van der Waals surface area (Å²) in [5, 5.41) is 24.3. The Hall–Kier alpha value is -0.800. The lowest BCUT2D eigenvalue weighted by Gasteiger charge is -2.25. The van der Waals surface area contributed by atoms with Crippen molar-refractivity contribution in [3.63, 3.8) is 0 Å². The molecule has 0 aliphatic rings. The number of aliphatic hydroxyl groups is 2. The van der Waals surface area contributed by atoms with E-state index in [4.69, 9.17) is 14.8 Å². The number of hydrogen-bond donors (Lipinski definition) is 5. The van der Waals surface area contributed by atoms with Crippen LogP contribution in [0, 0.1) is 0 Å². The van der Waals surface area contributed by atoms with E-state index in [0.717, 1.165) is 51.4 Å². The summed E-state index contributed by atoms with van der Waals surface area (Å²) in [6, 6.07) is -0.899. The molecule has 0 aromatic heterocycles. The van der Waals surface area contributed by atoms with E-state index in [0.29, 0.717) is 12.8 Å². The highest BCUT2D eigenvalue weighted by molar-refractivity contribution is 7.47. The molecule has 0 radical (unpaired) electrons. The van der Waals surface area contributed by atoms with E-state index in [2.05, 4.69) is 31.3 Å². The van der Waals surface area contributed by atoms with Gasteiger partial charge in [0.1, 0.15) is 0 Å². The fourth-order valence-electron chi connectivity index (χ4n) is 7.65. The molecule has 4 atom stereocenters. The normalized spacial score (nSPS) is 14.5. The van der Waals surface area contributed by atoms with Crippen molar-refractivity contribution in [1.29, 1.82) is 0 Å². The predicted octanol–water partition coefficient (Wildman–Crippen LogP) is 13.3. The molecule has 0 aliphatic carbocycles. The fourth-order valence-corrected chi connectivity index (χ4v) is 8.41. The minimum absolute atomic E-state index is 0.0597. The van der Waals surface area contributed by atoms with Gasteiger partial charge in [0.15, 0.2) is 0 Å². The molecule has 9 nitrogen and oxygen atoms in total. The maximum absolute atomic E-state index is 12.9. The highest BCUT2D eigenvalue weighted by Gasteiger charge is 2.28. The van der Waals surface area contributed by atoms with Crippen molar-refractivity contribution in [2.45, 2.75) is 270 Å². The van der Waals surface area contributed by atoms with Gasteiger partial charge in [0.25, 0.3) is 0 Å². The minimum atomic E-state index is -4.38. The fraction of sp³-hybridized carbons (Fsp3) is 0.938. The predicted molar refractivity (Wildman–Crippen MR) is 246 cm³/mol. The van der Waals surface area contributed by atoms with Gasteiger partial charge >= 0.3 is 7.82 Å². The van der Waals surface area contributed by atoms with Crippen molar-refractivity contribution < 1.29 is 33.5 Å². The molecule has 6 N–H and O–H groups in total. The largest absolute Gasteiger partial charge is 0.472 e. The van der Waals surface area contributed by atoms with E-state index in [1.807, 2.05) is 0 Å². The van der Waals surface area contributed by atoms with Crippen LogP contribution in [0.1, 0.15) is 251 Å². The third-order valence-corrected chi connectivity index (χ3v) is 12.4. The number of allylic oxidation sites excluding steroid dienone is 2. The summed E-state index contributed by atoms with van der Waals surface area (Å²) in [5.74, 6) is -0.418. The maximum Gasteiger partial charge on any atom is 0.472 e. The van der Waals surface area contributed by atoms with Crippen molar-refractivity contribution in [2.24, 2.45) is 5.73 Å². The number of nitrogens with one attached hydrogen (secondary N) is 1. The Morgan fingerprint density at radius 3 is 1.34 bits per heavy atom. The van der Waals surface area contributed by atoms with Crippen LogP contribution < -0.4 is 11.1 Å². The Morgan fingerprint density at radius 2 is 0.931 bits per heavy atom. The SMILES string of the molecule is CCCCCCCCCCC/C=C\CCCCCC(O)CC(=O)NC(COP(=O)(O)OCCN)C(O)CCCCCCCCCCCCCCCCCCCCCC. The van der Waals surface area contributed by atoms with Gasteiger partial charge in [0.2, 0.25) is 5.91 Å². The highest BCUT2D eigenvalue weighted by Crippen LogP contribution is 2.43. The Balaban J connectivity index is 4.18.